The van der Waals surface area contributed by atoms with Gasteiger partial charge in [-0.3, -0.25) is 9.36 Å². The maximum atomic E-state index is 13.3. The quantitative estimate of drug-likeness (QED) is 0.674. The van der Waals surface area contributed by atoms with Crippen molar-refractivity contribution in [2.45, 2.75) is 36.1 Å². The number of thioether (sulfide) groups is 1. The Morgan fingerprint density at radius 1 is 1.07 bits per heavy atom. The zero-order valence-electron chi connectivity index (χ0n) is 14.8. The summed E-state index contributed by atoms with van der Waals surface area (Å²) in [4.78, 5) is 17.0. The molecule has 1 aliphatic carbocycles. The van der Waals surface area contributed by atoms with Gasteiger partial charge in [0.1, 0.15) is 11.1 Å². The summed E-state index contributed by atoms with van der Waals surface area (Å²) in [5, 5.41) is 0.123. The molecule has 1 atom stereocenters. The fourth-order valence-corrected chi connectivity index (χ4v) is 4.58. The fourth-order valence-electron chi connectivity index (χ4n) is 3.47. The monoisotopic (exact) mass is 381 g/mol. The lowest BCUT2D eigenvalue weighted by molar-refractivity contribution is -0.117. The summed E-state index contributed by atoms with van der Waals surface area (Å²) in [5.74, 6) is -0.805. The van der Waals surface area contributed by atoms with Crippen LogP contribution in [0.3, 0.4) is 0 Å². The number of aromatic nitrogens is 2. The number of benzene rings is 2. The van der Waals surface area contributed by atoms with Crippen LogP contribution in [-0.2, 0) is 17.6 Å². The number of amides is 1. The van der Waals surface area contributed by atoms with Crippen LogP contribution in [0.5, 0.6) is 0 Å². The van der Waals surface area contributed by atoms with E-state index in [9.17, 15) is 9.18 Å². The molecule has 3 aromatic rings. The van der Waals surface area contributed by atoms with Crippen molar-refractivity contribution >= 4 is 17.7 Å². The van der Waals surface area contributed by atoms with E-state index < -0.39 is 11.2 Å². The predicted octanol–water partition coefficient (Wildman–Crippen LogP) is 4.21. The average Bonchev–Trinajstić information content (AvgIpc) is 3.05. The Balaban J connectivity index is 1.77. The topological polar surface area (TPSA) is 60.9 Å². The van der Waals surface area contributed by atoms with Crippen molar-refractivity contribution in [1.82, 2.24) is 9.55 Å². The largest absolute Gasteiger partial charge is 0.368 e. The Bertz CT molecular complexity index is 954. The van der Waals surface area contributed by atoms with E-state index in [1.165, 1.54) is 29.6 Å². The van der Waals surface area contributed by atoms with Crippen LogP contribution in [0.4, 0.5) is 4.39 Å². The van der Waals surface area contributed by atoms with Crippen molar-refractivity contribution < 1.29 is 9.18 Å². The van der Waals surface area contributed by atoms with Gasteiger partial charge in [0.25, 0.3) is 0 Å². The molecule has 4 nitrogen and oxygen atoms in total. The Hall–Kier alpha value is -2.60. The van der Waals surface area contributed by atoms with E-state index >= 15 is 0 Å². The third kappa shape index (κ3) is 3.62. The second-order valence-electron chi connectivity index (χ2n) is 6.62. The van der Waals surface area contributed by atoms with E-state index in [-0.39, 0.29) is 5.82 Å². The molecular formula is C21H20FN3OS. The lowest BCUT2D eigenvalue weighted by Crippen LogP contribution is -2.19. The minimum atomic E-state index is -0.628. The highest BCUT2D eigenvalue weighted by Crippen LogP contribution is 2.38. The molecule has 0 spiro atoms. The van der Waals surface area contributed by atoms with Crippen LogP contribution in [0.15, 0.2) is 59.8 Å². The summed E-state index contributed by atoms with van der Waals surface area (Å²) in [6.45, 7) is 0. The molecule has 0 fully saturated rings. The van der Waals surface area contributed by atoms with Crippen LogP contribution in [-0.4, -0.2) is 15.5 Å². The van der Waals surface area contributed by atoms with Gasteiger partial charge in [0, 0.05) is 11.4 Å². The van der Waals surface area contributed by atoms with Gasteiger partial charge >= 0.3 is 0 Å². The normalized spacial score (nSPS) is 14.6. The highest BCUT2D eigenvalue weighted by atomic mass is 32.2. The van der Waals surface area contributed by atoms with Crippen LogP contribution in [0.1, 0.15) is 35.0 Å². The summed E-state index contributed by atoms with van der Waals surface area (Å²) < 4.78 is 15.4. The summed E-state index contributed by atoms with van der Waals surface area (Å²) in [6, 6.07) is 15.9. The number of hydrogen-bond donors (Lipinski definition) is 1. The second kappa shape index (κ2) is 7.56. The maximum Gasteiger partial charge on any atom is 0.235 e. The molecule has 1 heterocycles. The zero-order chi connectivity index (χ0) is 18.8. The number of hydrogen-bond acceptors (Lipinski definition) is 3. The SMILES string of the molecule is NC(=O)C(Sc1nc2c(n1-c1ccccc1)CCCC2)c1ccc(F)cc1. The molecule has 0 radical (unpaired) electrons. The molecule has 6 heteroatoms. The first-order chi connectivity index (χ1) is 13.1. The van der Waals surface area contributed by atoms with E-state index in [4.69, 9.17) is 10.7 Å². The van der Waals surface area contributed by atoms with Crippen LogP contribution in [0.2, 0.25) is 0 Å². The number of primary amides is 1. The van der Waals surface area contributed by atoms with E-state index in [1.54, 1.807) is 12.1 Å². The summed E-state index contributed by atoms with van der Waals surface area (Å²) in [6.07, 6.45) is 4.17. The molecule has 27 heavy (non-hydrogen) atoms. The number of imidazole rings is 1. The molecule has 138 valence electrons. The Morgan fingerprint density at radius 3 is 2.48 bits per heavy atom. The highest BCUT2D eigenvalue weighted by molar-refractivity contribution is 8.00. The van der Waals surface area contributed by atoms with Crippen molar-refractivity contribution in [3.63, 3.8) is 0 Å². The molecule has 1 unspecified atom stereocenters. The summed E-state index contributed by atoms with van der Waals surface area (Å²) in [7, 11) is 0. The minimum Gasteiger partial charge on any atom is -0.368 e. The van der Waals surface area contributed by atoms with Crippen LogP contribution < -0.4 is 5.73 Å². The summed E-state index contributed by atoms with van der Waals surface area (Å²) >= 11 is 1.33. The van der Waals surface area contributed by atoms with Crippen molar-refractivity contribution in [3.8, 4) is 5.69 Å². The average molecular weight is 381 g/mol. The Morgan fingerprint density at radius 2 is 1.78 bits per heavy atom. The molecule has 1 amide bonds. The lowest BCUT2D eigenvalue weighted by atomic mass is 10.0. The van der Waals surface area contributed by atoms with Gasteiger partial charge in [0.15, 0.2) is 5.16 Å². The highest BCUT2D eigenvalue weighted by Gasteiger charge is 2.26. The van der Waals surface area contributed by atoms with E-state index in [0.717, 1.165) is 42.2 Å². The molecule has 0 bridgehead atoms. The first kappa shape index (κ1) is 17.8. The Labute approximate surface area is 161 Å². The lowest BCUT2D eigenvalue weighted by Gasteiger charge is -2.17. The number of halogens is 1. The molecule has 0 saturated heterocycles. The molecule has 1 aromatic heterocycles. The van der Waals surface area contributed by atoms with Crippen LogP contribution >= 0.6 is 11.8 Å². The first-order valence-electron chi connectivity index (χ1n) is 9.01. The van der Waals surface area contributed by atoms with Crippen LogP contribution in [0.25, 0.3) is 5.69 Å². The molecular weight excluding hydrogens is 361 g/mol. The van der Waals surface area contributed by atoms with Crippen molar-refractivity contribution in [2.75, 3.05) is 0 Å². The molecule has 2 N–H and O–H groups in total. The fraction of sp³-hybridized carbons (Fsp3) is 0.238. The van der Waals surface area contributed by atoms with Crippen molar-refractivity contribution in [2.24, 2.45) is 5.73 Å². The van der Waals surface area contributed by atoms with Gasteiger partial charge in [-0.15, -0.1) is 0 Å². The Kier molecular flexibility index (Phi) is 4.99. The number of aryl methyl sites for hydroxylation is 1. The zero-order valence-corrected chi connectivity index (χ0v) is 15.6. The number of nitrogens with zero attached hydrogens (tertiary/aromatic N) is 2. The maximum absolute atomic E-state index is 13.3. The number of carbonyl (C=O) groups excluding carboxylic acids is 1. The van der Waals surface area contributed by atoms with Gasteiger partial charge < -0.3 is 5.73 Å². The molecule has 0 aliphatic heterocycles. The number of rotatable bonds is 5. The molecule has 0 saturated carbocycles. The number of carbonyl (C=O) groups is 1. The van der Waals surface area contributed by atoms with Gasteiger partial charge in [0.05, 0.1) is 5.69 Å². The number of para-hydroxylation sites is 1. The van der Waals surface area contributed by atoms with Gasteiger partial charge in [0.2, 0.25) is 5.91 Å². The van der Waals surface area contributed by atoms with E-state index in [2.05, 4.69) is 4.57 Å². The minimum absolute atomic E-state index is 0.340. The predicted molar refractivity (Wildman–Crippen MR) is 104 cm³/mol. The van der Waals surface area contributed by atoms with Gasteiger partial charge in [-0.25, -0.2) is 9.37 Å². The van der Waals surface area contributed by atoms with E-state index in [0.29, 0.717) is 5.56 Å². The van der Waals surface area contributed by atoms with Gasteiger partial charge in [-0.2, -0.15) is 0 Å². The molecule has 2 aromatic carbocycles. The van der Waals surface area contributed by atoms with Gasteiger partial charge in [-0.05, 0) is 55.5 Å². The summed E-state index contributed by atoms with van der Waals surface area (Å²) in [5.41, 5.74) is 9.67. The van der Waals surface area contributed by atoms with Crippen LogP contribution in [0, 0.1) is 5.82 Å². The number of fused-ring (bicyclic) bond motifs is 1. The smallest absolute Gasteiger partial charge is 0.235 e. The third-order valence-electron chi connectivity index (χ3n) is 4.77. The van der Waals surface area contributed by atoms with E-state index in [1.807, 2.05) is 30.3 Å². The standard InChI is InChI=1S/C21H20FN3OS/c22-15-12-10-14(11-13-15)19(20(23)26)27-21-24-17-8-4-5-9-18(17)25(21)16-6-2-1-3-7-16/h1-3,6-7,10-13,19H,4-5,8-9H2,(H2,23,26). The third-order valence-corrected chi connectivity index (χ3v) is 6.00. The first-order valence-corrected chi connectivity index (χ1v) is 9.89. The number of nitrogens with two attached hydrogens (primary N) is 1. The van der Waals surface area contributed by atoms with Crippen molar-refractivity contribution in [1.29, 1.82) is 0 Å². The molecule has 1 aliphatic rings. The second-order valence-corrected chi connectivity index (χ2v) is 7.69. The van der Waals surface area contributed by atoms with Gasteiger partial charge in [-0.1, -0.05) is 42.1 Å². The molecule has 4 rings (SSSR count). The van der Waals surface area contributed by atoms with Crippen molar-refractivity contribution in [3.05, 3.63) is 77.4 Å².